The Hall–Kier alpha value is -0.120. The lowest BCUT2D eigenvalue weighted by Gasteiger charge is -2.37. The SMILES string of the molecule is CCN1CCC(N(C)CC2CCCCCN2)CC1. The topological polar surface area (TPSA) is 18.5 Å². The molecule has 0 bridgehead atoms. The maximum Gasteiger partial charge on any atom is 0.0195 e. The number of hydrogen-bond donors (Lipinski definition) is 1. The molecule has 2 aliphatic heterocycles. The van der Waals surface area contributed by atoms with Gasteiger partial charge in [-0.2, -0.15) is 0 Å². The molecule has 0 aromatic carbocycles. The molecular weight excluding hydrogens is 222 g/mol. The van der Waals surface area contributed by atoms with Gasteiger partial charge in [-0.05, 0) is 58.9 Å². The zero-order valence-corrected chi connectivity index (χ0v) is 12.3. The lowest BCUT2D eigenvalue weighted by Crippen LogP contribution is -2.47. The van der Waals surface area contributed by atoms with Crippen molar-refractivity contribution in [2.75, 3.05) is 39.8 Å². The Morgan fingerprint density at radius 2 is 1.89 bits per heavy atom. The van der Waals surface area contributed by atoms with Crippen molar-refractivity contribution < 1.29 is 0 Å². The minimum absolute atomic E-state index is 0.738. The van der Waals surface area contributed by atoms with E-state index in [1.165, 1.54) is 71.2 Å². The van der Waals surface area contributed by atoms with Crippen LogP contribution in [0.1, 0.15) is 45.4 Å². The molecule has 2 rings (SSSR count). The van der Waals surface area contributed by atoms with E-state index in [9.17, 15) is 0 Å². The maximum absolute atomic E-state index is 3.72. The highest BCUT2D eigenvalue weighted by Gasteiger charge is 2.23. The summed E-state index contributed by atoms with van der Waals surface area (Å²) in [6.45, 7) is 8.57. The minimum atomic E-state index is 0.738. The van der Waals surface area contributed by atoms with Crippen LogP contribution in [-0.2, 0) is 0 Å². The Labute approximate surface area is 113 Å². The first-order chi connectivity index (χ1) is 8.79. The molecule has 2 heterocycles. The second kappa shape index (κ2) is 7.46. The molecule has 0 radical (unpaired) electrons. The van der Waals surface area contributed by atoms with Gasteiger partial charge in [0.1, 0.15) is 0 Å². The van der Waals surface area contributed by atoms with Gasteiger partial charge in [0.05, 0.1) is 0 Å². The first-order valence-corrected chi connectivity index (χ1v) is 7.95. The van der Waals surface area contributed by atoms with E-state index in [0.717, 1.165) is 12.1 Å². The van der Waals surface area contributed by atoms with E-state index < -0.39 is 0 Å². The van der Waals surface area contributed by atoms with Gasteiger partial charge in [-0.25, -0.2) is 0 Å². The summed E-state index contributed by atoms with van der Waals surface area (Å²) in [6.07, 6.45) is 8.29. The van der Waals surface area contributed by atoms with E-state index in [4.69, 9.17) is 0 Å². The first-order valence-electron chi connectivity index (χ1n) is 7.95. The number of nitrogens with one attached hydrogen (secondary N) is 1. The van der Waals surface area contributed by atoms with Gasteiger partial charge >= 0.3 is 0 Å². The molecule has 18 heavy (non-hydrogen) atoms. The van der Waals surface area contributed by atoms with E-state index in [1.54, 1.807) is 0 Å². The van der Waals surface area contributed by atoms with Gasteiger partial charge in [0, 0.05) is 18.6 Å². The molecule has 2 saturated heterocycles. The van der Waals surface area contributed by atoms with E-state index in [2.05, 4.69) is 29.1 Å². The highest BCUT2D eigenvalue weighted by molar-refractivity contribution is 4.81. The number of nitrogens with zero attached hydrogens (tertiary/aromatic N) is 2. The van der Waals surface area contributed by atoms with Crippen molar-refractivity contribution in [1.82, 2.24) is 15.1 Å². The van der Waals surface area contributed by atoms with Crippen LogP contribution in [0.25, 0.3) is 0 Å². The lowest BCUT2D eigenvalue weighted by atomic mass is 10.0. The number of likely N-dealkylation sites (tertiary alicyclic amines) is 1. The summed E-state index contributed by atoms with van der Waals surface area (Å²) >= 11 is 0. The molecule has 0 saturated carbocycles. The zero-order valence-electron chi connectivity index (χ0n) is 12.3. The summed E-state index contributed by atoms with van der Waals surface area (Å²) in [4.78, 5) is 5.20. The van der Waals surface area contributed by atoms with Crippen LogP contribution in [0.2, 0.25) is 0 Å². The van der Waals surface area contributed by atoms with Crippen LogP contribution >= 0.6 is 0 Å². The molecule has 1 atom stereocenters. The molecule has 0 aliphatic carbocycles. The van der Waals surface area contributed by atoms with E-state index in [0.29, 0.717) is 0 Å². The quantitative estimate of drug-likeness (QED) is 0.826. The molecule has 3 nitrogen and oxygen atoms in total. The number of hydrogen-bond acceptors (Lipinski definition) is 3. The predicted octanol–water partition coefficient (Wildman–Crippen LogP) is 1.93. The van der Waals surface area contributed by atoms with Crippen LogP contribution in [-0.4, -0.2) is 61.7 Å². The van der Waals surface area contributed by atoms with E-state index in [-0.39, 0.29) is 0 Å². The summed E-state index contributed by atoms with van der Waals surface area (Å²) in [7, 11) is 2.33. The average Bonchev–Trinajstić information content (AvgIpc) is 2.67. The molecule has 1 N–H and O–H groups in total. The average molecular weight is 253 g/mol. The Balaban J connectivity index is 1.72. The predicted molar refractivity (Wildman–Crippen MR) is 78.0 cm³/mol. The molecule has 0 amide bonds. The van der Waals surface area contributed by atoms with Gasteiger partial charge in [0.15, 0.2) is 0 Å². The fraction of sp³-hybridized carbons (Fsp3) is 1.00. The summed E-state index contributed by atoms with van der Waals surface area (Å²) in [5, 5.41) is 3.72. The minimum Gasteiger partial charge on any atom is -0.313 e. The fourth-order valence-electron chi connectivity index (χ4n) is 3.43. The fourth-order valence-corrected chi connectivity index (χ4v) is 3.43. The smallest absolute Gasteiger partial charge is 0.0195 e. The molecule has 3 heteroatoms. The van der Waals surface area contributed by atoms with E-state index in [1.807, 2.05) is 0 Å². The molecule has 0 aromatic rings. The molecule has 1 unspecified atom stereocenters. The van der Waals surface area contributed by atoms with Gasteiger partial charge < -0.3 is 15.1 Å². The van der Waals surface area contributed by atoms with Gasteiger partial charge in [-0.15, -0.1) is 0 Å². The van der Waals surface area contributed by atoms with Crippen LogP contribution in [0.3, 0.4) is 0 Å². The normalized spacial score (nSPS) is 28.5. The second-order valence-corrected chi connectivity index (χ2v) is 6.11. The summed E-state index contributed by atoms with van der Waals surface area (Å²) in [5.74, 6) is 0. The second-order valence-electron chi connectivity index (χ2n) is 6.11. The Bertz CT molecular complexity index is 216. The van der Waals surface area contributed by atoms with Crippen molar-refractivity contribution in [1.29, 1.82) is 0 Å². The Kier molecular flexibility index (Phi) is 5.93. The summed E-state index contributed by atoms with van der Waals surface area (Å²) in [6, 6.07) is 1.56. The maximum atomic E-state index is 3.72. The van der Waals surface area contributed by atoms with E-state index >= 15 is 0 Å². The molecule has 0 spiro atoms. The van der Waals surface area contributed by atoms with Crippen molar-refractivity contribution in [3.8, 4) is 0 Å². The van der Waals surface area contributed by atoms with Crippen molar-refractivity contribution in [3.63, 3.8) is 0 Å². The third-order valence-electron chi connectivity index (χ3n) is 4.80. The lowest BCUT2D eigenvalue weighted by molar-refractivity contribution is 0.122. The van der Waals surface area contributed by atoms with Gasteiger partial charge in [-0.3, -0.25) is 0 Å². The Morgan fingerprint density at radius 3 is 2.61 bits per heavy atom. The summed E-state index contributed by atoms with van der Waals surface area (Å²) in [5.41, 5.74) is 0. The van der Waals surface area contributed by atoms with Gasteiger partial charge in [0.25, 0.3) is 0 Å². The highest BCUT2D eigenvalue weighted by atomic mass is 15.2. The highest BCUT2D eigenvalue weighted by Crippen LogP contribution is 2.17. The first kappa shape index (κ1) is 14.3. The number of likely N-dealkylation sites (N-methyl/N-ethyl adjacent to an activating group) is 1. The monoisotopic (exact) mass is 253 g/mol. The largest absolute Gasteiger partial charge is 0.313 e. The standard InChI is InChI=1S/C15H31N3/c1-3-18-11-8-15(9-12-18)17(2)13-14-7-5-4-6-10-16-14/h14-16H,3-13H2,1-2H3. The van der Waals surface area contributed by atoms with Gasteiger partial charge in [0.2, 0.25) is 0 Å². The van der Waals surface area contributed by atoms with Crippen molar-refractivity contribution in [2.24, 2.45) is 0 Å². The van der Waals surface area contributed by atoms with Crippen LogP contribution in [0, 0.1) is 0 Å². The van der Waals surface area contributed by atoms with Crippen molar-refractivity contribution >= 4 is 0 Å². The van der Waals surface area contributed by atoms with Crippen LogP contribution in [0.4, 0.5) is 0 Å². The van der Waals surface area contributed by atoms with Gasteiger partial charge in [-0.1, -0.05) is 19.8 Å². The molecular formula is C15H31N3. The Morgan fingerprint density at radius 1 is 1.11 bits per heavy atom. The molecule has 2 aliphatic rings. The summed E-state index contributed by atoms with van der Waals surface area (Å²) < 4.78 is 0. The third kappa shape index (κ3) is 4.22. The third-order valence-corrected chi connectivity index (χ3v) is 4.80. The van der Waals surface area contributed by atoms with Crippen LogP contribution in [0.15, 0.2) is 0 Å². The van der Waals surface area contributed by atoms with Crippen molar-refractivity contribution in [2.45, 2.75) is 57.5 Å². The number of piperidine rings is 1. The molecule has 0 aromatic heterocycles. The van der Waals surface area contributed by atoms with Crippen LogP contribution in [0.5, 0.6) is 0 Å². The number of rotatable bonds is 4. The zero-order chi connectivity index (χ0) is 12.8. The molecule has 2 fully saturated rings. The van der Waals surface area contributed by atoms with Crippen LogP contribution < -0.4 is 5.32 Å². The van der Waals surface area contributed by atoms with Crippen molar-refractivity contribution in [3.05, 3.63) is 0 Å². The molecule has 106 valence electrons.